The lowest BCUT2D eigenvalue weighted by molar-refractivity contribution is -0.121. The largest absolute Gasteiger partial charge is 0.455 e. The lowest BCUT2D eigenvalue weighted by Gasteiger charge is -2.36. The van der Waals surface area contributed by atoms with E-state index in [-0.39, 0.29) is 61.1 Å². The van der Waals surface area contributed by atoms with Gasteiger partial charge in [0.2, 0.25) is 11.8 Å². The van der Waals surface area contributed by atoms with E-state index in [4.69, 9.17) is 22.1 Å². The van der Waals surface area contributed by atoms with Gasteiger partial charge in [0.05, 0.1) is 29.0 Å². The second kappa shape index (κ2) is 18.3. The summed E-state index contributed by atoms with van der Waals surface area (Å²) < 4.78 is 23.5. The third-order valence-electron chi connectivity index (χ3n) is 8.58. The number of benzene rings is 4. The molecule has 52 heavy (non-hydrogen) atoms. The van der Waals surface area contributed by atoms with Gasteiger partial charge in [-0.15, -0.1) is 24.8 Å². The zero-order chi connectivity index (χ0) is 35.2. The minimum Gasteiger partial charge on any atom is -0.455 e. The van der Waals surface area contributed by atoms with Gasteiger partial charge in [0.1, 0.15) is 11.6 Å². The fourth-order valence-corrected chi connectivity index (χ4v) is 6.20. The van der Waals surface area contributed by atoms with Crippen LogP contribution in [0.2, 0.25) is 5.02 Å². The highest BCUT2D eigenvalue weighted by Crippen LogP contribution is 2.39. The van der Waals surface area contributed by atoms with E-state index in [2.05, 4.69) is 10.3 Å². The van der Waals surface area contributed by atoms with Gasteiger partial charge in [-0.1, -0.05) is 48.9 Å². The standard InChI is InChI=1S/C37H39ClFN7O4.2ClH/c1-2-6-35(47)41-23-26-11-13-28(21-30(26)39)45(33-14-12-27(38)20-34(33)50-29-8-5-7-25(19-29)22-40)36(48)24-43-15-17-44(18-16-43)46-32-10-4-3-9-31(32)42-37(46)49;;/h3-5,7-14,19-21H,2,6,15-18,22-24,40H2,1H3,(H,41,47)(H,42,49);2*1H. The van der Waals surface area contributed by atoms with Crippen molar-refractivity contribution < 1.29 is 18.7 Å². The van der Waals surface area contributed by atoms with Crippen LogP contribution in [0.1, 0.15) is 30.9 Å². The van der Waals surface area contributed by atoms with E-state index in [1.807, 2.05) is 53.2 Å². The summed E-state index contributed by atoms with van der Waals surface area (Å²) in [7, 11) is 0. The number of H-pyrrole nitrogens is 1. The van der Waals surface area contributed by atoms with Gasteiger partial charge in [0.25, 0.3) is 0 Å². The number of halogens is 4. The number of aromatic amines is 1. The van der Waals surface area contributed by atoms with Crippen molar-refractivity contribution in [1.82, 2.24) is 19.9 Å². The molecular weight excluding hydrogens is 732 g/mol. The maximum atomic E-state index is 15.6. The topological polar surface area (TPSA) is 129 Å². The van der Waals surface area contributed by atoms with Crippen LogP contribution in [0.4, 0.5) is 15.8 Å². The number of hydrogen-bond acceptors (Lipinski definition) is 7. The van der Waals surface area contributed by atoms with Gasteiger partial charge in [-0.2, -0.15) is 0 Å². The highest BCUT2D eigenvalue weighted by atomic mass is 35.5. The number of piperazine rings is 1. The van der Waals surface area contributed by atoms with Gasteiger partial charge in [-0.25, -0.2) is 13.9 Å². The van der Waals surface area contributed by atoms with Crippen molar-refractivity contribution in [2.45, 2.75) is 32.9 Å². The molecule has 0 aliphatic carbocycles. The monoisotopic (exact) mass is 771 g/mol. The van der Waals surface area contributed by atoms with E-state index in [1.54, 1.807) is 47.1 Å². The van der Waals surface area contributed by atoms with Crippen molar-refractivity contribution in [3.63, 3.8) is 0 Å². The molecule has 5 aromatic rings. The number of rotatable bonds is 12. The summed E-state index contributed by atoms with van der Waals surface area (Å²) in [5.74, 6) is -0.267. The molecule has 0 unspecified atom stereocenters. The molecule has 0 spiro atoms. The molecule has 1 aromatic heterocycles. The molecular formula is C37H41Cl3FN7O4. The van der Waals surface area contributed by atoms with Crippen molar-refractivity contribution in [3.8, 4) is 11.5 Å². The van der Waals surface area contributed by atoms with Crippen LogP contribution in [0.25, 0.3) is 11.0 Å². The number of fused-ring (bicyclic) bond motifs is 1. The second-order valence-electron chi connectivity index (χ2n) is 12.1. The van der Waals surface area contributed by atoms with Gasteiger partial charge in [0.15, 0.2) is 5.75 Å². The molecule has 0 radical (unpaired) electrons. The van der Waals surface area contributed by atoms with E-state index in [0.717, 1.165) is 16.6 Å². The fraction of sp³-hybridized carbons (Fsp3) is 0.270. The average Bonchev–Trinajstić information content (AvgIpc) is 3.45. The summed E-state index contributed by atoms with van der Waals surface area (Å²) in [4.78, 5) is 45.5. The summed E-state index contributed by atoms with van der Waals surface area (Å²) in [6, 6.07) is 24.2. The first kappa shape index (κ1) is 40.2. The predicted molar refractivity (Wildman–Crippen MR) is 208 cm³/mol. The Morgan fingerprint density at radius 3 is 2.48 bits per heavy atom. The second-order valence-corrected chi connectivity index (χ2v) is 12.5. The molecule has 4 aromatic carbocycles. The zero-order valence-corrected chi connectivity index (χ0v) is 30.9. The molecule has 2 amide bonds. The third-order valence-corrected chi connectivity index (χ3v) is 8.81. The molecule has 276 valence electrons. The van der Waals surface area contributed by atoms with Crippen LogP contribution in [0.15, 0.2) is 89.7 Å². The molecule has 4 N–H and O–H groups in total. The van der Waals surface area contributed by atoms with Crippen LogP contribution in [0.5, 0.6) is 11.5 Å². The number of nitrogens with two attached hydrogens (primary N) is 1. The Balaban J connectivity index is 0.00000302. The average molecular weight is 773 g/mol. The number of ether oxygens (including phenoxy) is 1. The molecule has 2 heterocycles. The molecule has 1 saturated heterocycles. The van der Waals surface area contributed by atoms with E-state index in [0.29, 0.717) is 73.3 Å². The number of nitrogens with one attached hydrogen (secondary N) is 2. The molecule has 0 bridgehead atoms. The van der Waals surface area contributed by atoms with Gasteiger partial charge in [-0.05, 0) is 60.5 Å². The van der Waals surface area contributed by atoms with Crippen LogP contribution in [-0.4, -0.2) is 59.1 Å². The fourth-order valence-electron chi connectivity index (χ4n) is 6.04. The Bertz CT molecular complexity index is 2070. The SMILES string of the molecule is CCCC(=O)NCc1ccc(N(C(=O)CN2CCN(n3c(=O)[nH]c4ccccc43)CC2)c2ccc(Cl)cc2Oc2cccc(CN)c2)cc1F.Cl.Cl. The van der Waals surface area contributed by atoms with Crippen molar-refractivity contribution in [2.24, 2.45) is 5.73 Å². The van der Waals surface area contributed by atoms with E-state index < -0.39 is 5.82 Å². The van der Waals surface area contributed by atoms with Crippen molar-refractivity contribution >= 4 is 70.6 Å². The minimum absolute atomic E-state index is 0. The number of hydrogen-bond donors (Lipinski definition) is 3. The summed E-state index contributed by atoms with van der Waals surface area (Å²) in [5, 5.41) is 5.09. The van der Waals surface area contributed by atoms with Gasteiger partial charge >= 0.3 is 5.69 Å². The smallest absolute Gasteiger partial charge is 0.345 e. The Morgan fingerprint density at radius 1 is 0.981 bits per heavy atom. The number of nitrogens with zero attached hydrogens (tertiary/aromatic N) is 4. The van der Waals surface area contributed by atoms with Crippen molar-refractivity contribution in [1.29, 1.82) is 0 Å². The first-order chi connectivity index (χ1) is 24.2. The Morgan fingerprint density at radius 2 is 1.75 bits per heavy atom. The number of carbonyl (C=O) groups is 2. The molecule has 0 saturated carbocycles. The first-order valence-electron chi connectivity index (χ1n) is 16.6. The van der Waals surface area contributed by atoms with Gasteiger partial charge < -0.3 is 25.8 Å². The van der Waals surface area contributed by atoms with Crippen LogP contribution in [0, 0.1) is 5.82 Å². The molecule has 1 fully saturated rings. The lowest BCUT2D eigenvalue weighted by atomic mass is 10.1. The molecule has 1 aliphatic heterocycles. The summed E-state index contributed by atoms with van der Waals surface area (Å²) >= 11 is 6.42. The summed E-state index contributed by atoms with van der Waals surface area (Å²) in [5.41, 5.74) is 8.97. The summed E-state index contributed by atoms with van der Waals surface area (Å²) in [6.07, 6.45) is 1.03. The Hall–Kier alpha value is -4.59. The quantitative estimate of drug-likeness (QED) is 0.137. The van der Waals surface area contributed by atoms with Gasteiger partial charge in [-0.3, -0.25) is 19.4 Å². The maximum Gasteiger partial charge on any atom is 0.345 e. The van der Waals surface area contributed by atoms with Crippen LogP contribution in [0.3, 0.4) is 0 Å². The van der Waals surface area contributed by atoms with Crippen LogP contribution in [-0.2, 0) is 22.7 Å². The number of imidazole rings is 1. The molecule has 6 rings (SSSR count). The van der Waals surface area contributed by atoms with E-state index >= 15 is 4.39 Å². The van der Waals surface area contributed by atoms with E-state index in [9.17, 15) is 14.4 Å². The number of amides is 2. The molecule has 0 atom stereocenters. The van der Waals surface area contributed by atoms with Crippen molar-refractivity contribution in [2.75, 3.05) is 42.6 Å². The molecule has 15 heteroatoms. The molecule has 1 aliphatic rings. The van der Waals surface area contributed by atoms with E-state index in [1.165, 1.54) is 11.0 Å². The first-order valence-corrected chi connectivity index (χ1v) is 16.9. The third kappa shape index (κ3) is 9.25. The number of anilines is 2. The maximum absolute atomic E-state index is 15.6. The Kier molecular flexibility index (Phi) is 14.1. The lowest BCUT2D eigenvalue weighted by Crippen LogP contribution is -2.55. The highest BCUT2D eigenvalue weighted by molar-refractivity contribution is 6.31. The summed E-state index contributed by atoms with van der Waals surface area (Å²) in [6.45, 7) is 4.28. The number of aromatic nitrogens is 2. The van der Waals surface area contributed by atoms with Gasteiger partial charge in [0, 0.05) is 62.3 Å². The number of para-hydroxylation sites is 2. The van der Waals surface area contributed by atoms with Crippen LogP contribution >= 0.6 is 36.4 Å². The predicted octanol–water partition coefficient (Wildman–Crippen LogP) is 6.25. The minimum atomic E-state index is -0.568. The normalized spacial score (nSPS) is 12.9. The zero-order valence-electron chi connectivity index (χ0n) is 28.5. The molecule has 11 nitrogen and oxygen atoms in total. The number of carbonyl (C=O) groups excluding carboxylic acids is 2. The van der Waals surface area contributed by atoms with Crippen LogP contribution < -0.4 is 31.4 Å². The Labute approximate surface area is 318 Å². The highest BCUT2D eigenvalue weighted by Gasteiger charge is 2.28. The van der Waals surface area contributed by atoms with Crippen molar-refractivity contribution in [3.05, 3.63) is 117 Å².